The quantitative estimate of drug-likeness (QED) is 0.890. The predicted octanol–water partition coefficient (Wildman–Crippen LogP) is 4.68. The summed E-state index contributed by atoms with van der Waals surface area (Å²) in [5.74, 6) is 3.84. The molecule has 6 rings (SSSR count). The van der Waals surface area contributed by atoms with E-state index in [2.05, 4.69) is 11.8 Å². The highest BCUT2D eigenvalue weighted by Crippen LogP contribution is 2.52. The molecule has 4 aliphatic rings. The van der Waals surface area contributed by atoms with Crippen LogP contribution in [0.1, 0.15) is 56.3 Å². The van der Waals surface area contributed by atoms with E-state index in [0.29, 0.717) is 17.7 Å². The van der Waals surface area contributed by atoms with Crippen LogP contribution >= 0.6 is 0 Å². The second kappa shape index (κ2) is 5.52. The first-order chi connectivity index (χ1) is 11.7. The normalized spacial score (nSPS) is 34.3. The molecular formula is C21H27NO2. The monoisotopic (exact) mass is 325 g/mol. The summed E-state index contributed by atoms with van der Waals surface area (Å²) in [7, 11) is 0. The van der Waals surface area contributed by atoms with E-state index in [0.717, 1.165) is 35.8 Å². The average molecular weight is 325 g/mol. The van der Waals surface area contributed by atoms with Gasteiger partial charge in [0.2, 0.25) is 0 Å². The number of phenolic OH excluding ortho intramolecular Hbond substituents is 1. The van der Waals surface area contributed by atoms with Crippen molar-refractivity contribution >= 4 is 11.0 Å². The van der Waals surface area contributed by atoms with E-state index < -0.39 is 0 Å². The van der Waals surface area contributed by atoms with Gasteiger partial charge in [0.25, 0.3) is 0 Å². The SMILES string of the molecule is CCCCC1CC2CC3c4oc5ccc(O)cc5c4CCN(C2)C13. The Bertz CT molecular complexity index is 765. The van der Waals surface area contributed by atoms with Crippen molar-refractivity contribution in [3.63, 3.8) is 0 Å². The molecule has 4 heterocycles. The largest absolute Gasteiger partial charge is 0.508 e. The van der Waals surface area contributed by atoms with Crippen LogP contribution in [0.15, 0.2) is 22.6 Å². The number of rotatable bonds is 3. The average Bonchev–Trinajstić information content (AvgIpc) is 2.90. The number of hydrogen-bond acceptors (Lipinski definition) is 3. The molecule has 5 atom stereocenters. The molecule has 0 amide bonds. The van der Waals surface area contributed by atoms with Gasteiger partial charge in [-0.05, 0) is 55.7 Å². The van der Waals surface area contributed by atoms with Gasteiger partial charge in [0, 0.05) is 36.0 Å². The fourth-order valence-electron chi connectivity index (χ4n) is 5.87. The fourth-order valence-corrected chi connectivity index (χ4v) is 5.87. The number of unbranched alkanes of at least 4 members (excludes halogenated alkanes) is 1. The van der Waals surface area contributed by atoms with Gasteiger partial charge in [0.05, 0.1) is 0 Å². The number of hydrogen-bond donors (Lipinski definition) is 1. The molecule has 128 valence electrons. The summed E-state index contributed by atoms with van der Waals surface area (Å²) in [4.78, 5) is 2.77. The summed E-state index contributed by atoms with van der Waals surface area (Å²) in [6, 6.07) is 6.26. The number of furan rings is 1. The Morgan fingerprint density at radius 2 is 2.21 bits per heavy atom. The maximum absolute atomic E-state index is 9.90. The van der Waals surface area contributed by atoms with Crippen molar-refractivity contribution in [1.29, 1.82) is 0 Å². The molecule has 24 heavy (non-hydrogen) atoms. The van der Waals surface area contributed by atoms with Gasteiger partial charge in [0.15, 0.2) is 0 Å². The van der Waals surface area contributed by atoms with E-state index in [-0.39, 0.29) is 0 Å². The topological polar surface area (TPSA) is 36.6 Å². The van der Waals surface area contributed by atoms with E-state index in [9.17, 15) is 5.11 Å². The van der Waals surface area contributed by atoms with Crippen LogP contribution < -0.4 is 0 Å². The van der Waals surface area contributed by atoms with Gasteiger partial charge in [-0.1, -0.05) is 19.8 Å². The van der Waals surface area contributed by atoms with Crippen LogP contribution in [0.5, 0.6) is 5.75 Å². The number of fused-ring (bicyclic) bond motifs is 4. The molecule has 1 aromatic carbocycles. The minimum atomic E-state index is 0.348. The summed E-state index contributed by atoms with van der Waals surface area (Å²) in [5, 5.41) is 11.0. The molecule has 3 heteroatoms. The Kier molecular flexibility index (Phi) is 3.41. The number of nitrogens with zero attached hydrogens (tertiary/aromatic N) is 1. The Balaban J connectivity index is 1.59. The third-order valence-corrected chi connectivity index (χ3v) is 6.75. The lowest BCUT2D eigenvalue weighted by atomic mass is 9.65. The molecule has 3 aliphatic heterocycles. The van der Waals surface area contributed by atoms with Gasteiger partial charge in [-0.2, -0.15) is 0 Å². The molecule has 3 fully saturated rings. The van der Waals surface area contributed by atoms with Crippen molar-refractivity contribution < 1.29 is 9.52 Å². The first-order valence-electron chi connectivity index (χ1n) is 9.73. The Labute approximate surface area is 143 Å². The zero-order chi connectivity index (χ0) is 16.3. The van der Waals surface area contributed by atoms with Gasteiger partial charge in [0.1, 0.15) is 17.1 Å². The van der Waals surface area contributed by atoms with E-state index >= 15 is 0 Å². The van der Waals surface area contributed by atoms with Crippen LogP contribution in [0.25, 0.3) is 11.0 Å². The smallest absolute Gasteiger partial charge is 0.134 e. The van der Waals surface area contributed by atoms with Gasteiger partial charge in [-0.15, -0.1) is 0 Å². The van der Waals surface area contributed by atoms with Crippen molar-refractivity contribution in [3.05, 3.63) is 29.5 Å². The summed E-state index contributed by atoms with van der Waals surface area (Å²) < 4.78 is 6.38. The maximum atomic E-state index is 9.90. The van der Waals surface area contributed by atoms with Crippen molar-refractivity contribution in [2.45, 2.75) is 57.4 Å². The molecule has 1 saturated carbocycles. The first-order valence-corrected chi connectivity index (χ1v) is 9.73. The van der Waals surface area contributed by atoms with Crippen molar-refractivity contribution in [3.8, 4) is 5.75 Å². The van der Waals surface area contributed by atoms with E-state index in [1.807, 2.05) is 12.1 Å². The van der Waals surface area contributed by atoms with Crippen LogP contribution in [0.3, 0.4) is 0 Å². The van der Waals surface area contributed by atoms with Crippen LogP contribution in [0.4, 0.5) is 0 Å². The Hall–Kier alpha value is -1.48. The van der Waals surface area contributed by atoms with Crippen molar-refractivity contribution in [1.82, 2.24) is 4.90 Å². The summed E-state index contributed by atoms with van der Waals surface area (Å²) in [5.41, 5.74) is 2.33. The molecule has 4 bridgehead atoms. The molecule has 1 N–H and O–H groups in total. The Morgan fingerprint density at radius 3 is 3.08 bits per heavy atom. The predicted molar refractivity (Wildman–Crippen MR) is 95.4 cm³/mol. The molecule has 0 radical (unpaired) electrons. The molecule has 0 spiro atoms. The number of piperidine rings is 2. The van der Waals surface area contributed by atoms with Crippen molar-refractivity contribution in [2.75, 3.05) is 13.1 Å². The van der Waals surface area contributed by atoms with Crippen LogP contribution in [-0.2, 0) is 6.42 Å². The highest BCUT2D eigenvalue weighted by atomic mass is 16.3. The van der Waals surface area contributed by atoms with E-state index in [4.69, 9.17) is 4.42 Å². The van der Waals surface area contributed by atoms with Gasteiger partial charge < -0.3 is 9.52 Å². The van der Waals surface area contributed by atoms with Gasteiger partial charge in [-0.3, -0.25) is 4.90 Å². The van der Waals surface area contributed by atoms with Gasteiger partial charge >= 0.3 is 0 Å². The third kappa shape index (κ3) is 2.13. The highest BCUT2D eigenvalue weighted by Gasteiger charge is 2.49. The molecule has 5 unspecified atom stereocenters. The first kappa shape index (κ1) is 14.8. The summed E-state index contributed by atoms with van der Waals surface area (Å²) >= 11 is 0. The lowest BCUT2D eigenvalue weighted by Crippen LogP contribution is -2.56. The molecule has 3 nitrogen and oxygen atoms in total. The summed E-state index contributed by atoms with van der Waals surface area (Å²) in [6.07, 6.45) is 7.81. The van der Waals surface area contributed by atoms with Crippen molar-refractivity contribution in [2.24, 2.45) is 11.8 Å². The second-order valence-corrected chi connectivity index (χ2v) is 8.21. The lowest BCUT2D eigenvalue weighted by molar-refractivity contribution is -0.0192. The second-order valence-electron chi connectivity index (χ2n) is 8.21. The van der Waals surface area contributed by atoms with Crippen LogP contribution in [0, 0.1) is 11.8 Å². The lowest BCUT2D eigenvalue weighted by Gasteiger charge is -2.53. The zero-order valence-corrected chi connectivity index (χ0v) is 14.5. The molecule has 1 aromatic heterocycles. The fraction of sp³-hybridized carbons (Fsp3) is 0.619. The number of aromatic hydroxyl groups is 1. The number of benzene rings is 1. The number of phenols is 1. The molecule has 1 aliphatic carbocycles. The van der Waals surface area contributed by atoms with E-state index in [1.54, 1.807) is 6.07 Å². The Morgan fingerprint density at radius 1 is 1.29 bits per heavy atom. The minimum absolute atomic E-state index is 0.348. The zero-order valence-electron chi connectivity index (χ0n) is 14.5. The third-order valence-electron chi connectivity index (χ3n) is 6.75. The van der Waals surface area contributed by atoms with E-state index in [1.165, 1.54) is 50.0 Å². The molecule has 2 aromatic rings. The van der Waals surface area contributed by atoms with Crippen LogP contribution in [-0.4, -0.2) is 29.1 Å². The minimum Gasteiger partial charge on any atom is -0.508 e. The highest BCUT2D eigenvalue weighted by molar-refractivity contribution is 5.84. The van der Waals surface area contributed by atoms with Crippen LogP contribution in [0.2, 0.25) is 0 Å². The van der Waals surface area contributed by atoms with Gasteiger partial charge in [-0.25, -0.2) is 0 Å². The standard InChI is InChI=1S/C21H27NO2/c1-2-3-4-14-9-13-10-18-20(14)22(12-13)8-7-16-17-11-15(23)5-6-19(17)24-21(16)18/h5-6,11,13-14,18,20,23H,2-4,7-10,12H2,1H3. The summed E-state index contributed by atoms with van der Waals surface area (Å²) in [6.45, 7) is 4.74. The maximum Gasteiger partial charge on any atom is 0.134 e. The molecular weight excluding hydrogens is 298 g/mol. The molecule has 2 saturated heterocycles.